The number of benzene rings is 1. The number of piperidine rings is 1. The first-order valence-electron chi connectivity index (χ1n) is 11.9. The van der Waals surface area contributed by atoms with E-state index in [2.05, 4.69) is 22.0 Å². The van der Waals surface area contributed by atoms with Crippen LogP contribution in [0, 0.1) is 0 Å². The van der Waals surface area contributed by atoms with E-state index in [0.29, 0.717) is 50.0 Å². The number of amides is 2. The zero-order valence-corrected chi connectivity index (χ0v) is 19.4. The minimum Gasteiger partial charge on any atom is -0.492 e. The number of carbonyl (C=O) groups is 2. The van der Waals surface area contributed by atoms with Gasteiger partial charge in [0, 0.05) is 37.8 Å². The molecule has 2 amide bonds. The summed E-state index contributed by atoms with van der Waals surface area (Å²) in [7, 11) is 1.55. The Bertz CT molecular complexity index is 947. The van der Waals surface area contributed by atoms with Gasteiger partial charge in [-0.15, -0.1) is 0 Å². The number of rotatable bonds is 2. The van der Waals surface area contributed by atoms with Gasteiger partial charge in [0.25, 0.3) is 5.91 Å². The summed E-state index contributed by atoms with van der Waals surface area (Å²) in [6, 6.07) is 11.9. The van der Waals surface area contributed by atoms with Crippen molar-refractivity contribution in [3.8, 4) is 11.6 Å². The summed E-state index contributed by atoms with van der Waals surface area (Å²) >= 11 is 0. The lowest BCUT2D eigenvalue weighted by molar-refractivity contribution is -0.135. The molecule has 2 bridgehead atoms. The number of ether oxygens (including phenoxy) is 2. The first kappa shape index (κ1) is 23.1. The summed E-state index contributed by atoms with van der Waals surface area (Å²) in [4.78, 5) is 34.2. The Labute approximate surface area is 195 Å². The molecule has 0 saturated carbocycles. The Morgan fingerprint density at radius 1 is 1.06 bits per heavy atom. The molecule has 1 aromatic carbocycles. The Hall–Kier alpha value is -3.09. The Balaban J connectivity index is 1.51. The van der Waals surface area contributed by atoms with E-state index in [1.54, 1.807) is 24.1 Å². The first-order chi connectivity index (χ1) is 16.1. The van der Waals surface area contributed by atoms with Gasteiger partial charge in [-0.05, 0) is 62.3 Å². The average molecular weight is 452 g/mol. The van der Waals surface area contributed by atoms with Crippen molar-refractivity contribution >= 4 is 11.8 Å². The molecule has 0 spiro atoms. The number of methoxy groups -OCH3 is 1. The highest BCUT2D eigenvalue weighted by molar-refractivity contribution is 5.94. The van der Waals surface area contributed by atoms with E-state index in [-0.39, 0.29) is 11.8 Å². The van der Waals surface area contributed by atoms with Crippen molar-refractivity contribution in [2.75, 3.05) is 33.4 Å². The zero-order chi connectivity index (χ0) is 23.0. The van der Waals surface area contributed by atoms with Gasteiger partial charge in [0.1, 0.15) is 12.4 Å². The van der Waals surface area contributed by atoms with Crippen molar-refractivity contribution < 1.29 is 19.1 Å². The monoisotopic (exact) mass is 451 g/mol. The van der Waals surface area contributed by atoms with Crippen LogP contribution >= 0.6 is 0 Å². The minimum atomic E-state index is -0.116. The zero-order valence-electron chi connectivity index (χ0n) is 19.4. The maximum absolute atomic E-state index is 13.2. The number of aromatic nitrogens is 1. The lowest BCUT2D eigenvalue weighted by Gasteiger charge is -2.36. The third-order valence-corrected chi connectivity index (χ3v) is 6.54. The fraction of sp³-hybridized carbons (Fsp3) is 0.500. The second-order valence-electron chi connectivity index (χ2n) is 8.76. The number of carbonyl (C=O) groups excluding carboxylic acids is 2. The highest BCUT2D eigenvalue weighted by atomic mass is 16.5. The molecule has 2 aliphatic heterocycles. The lowest BCUT2D eigenvalue weighted by atomic mass is 9.95. The molecule has 4 rings (SSSR count). The summed E-state index contributed by atoms with van der Waals surface area (Å²) in [5, 5.41) is 0. The molecule has 33 heavy (non-hydrogen) atoms. The van der Waals surface area contributed by atoms with Crippen molar-refractivity contribution in [3.63, 3.8) is 0 Å². The van der Waals surface area contributed by atoms with Gasteiger partial charge in [-0.2, -0.15) is 0 Å². The van der Waals surface area contributed by atoms with Crippen LogP contribution in [-0.4, -0.2) is 66.0 Å². The quantitative estimate of drug-likeness (QED) is 0.696. The molecule has 1 aromatic heterocycles. The largest absolute Gasteiger partial charge is 0.492 e. The summed E-state index contributed by atoms with van der Waals surface area (Å²) in [5.41, 5.74) is 1.72. The number of hydrogen-bond acceptors (Lipinski definition) is 5. The normalized spacial score (nSPS) is 20.2. The van der Waals surface area contributed by atoms with Gasteiger partial charge >= 0.3 is 0 Å². The minimum absolute atomic E-state index is 0.116. The van der Waals surface area contributed by atoms with Gasteiger partial charge in [0.05, 0.1) is 19.2 Å². The Morgan fingerprint density at radius 2 is 1.97 bits per heavy atom. The standard InChI is InChI=1S/C26H33N3O4/c1-32-24-13-11-21(19-27-24)26(31)28-14-5-9-25(30)29-15-3-2-7-22(29)12-10-20-6-4-8-23(18-20)33-17-16-28/h4,6,8,11,13,18-19,22H,2-3,5,7,9-10,12,14-17H2,1H3. The molecule has 2 aliphatic rings. The number of pyridine rings is 1. The van der Waals surface area contributed by atoms with Crippen LogP contribution in [0.25, 0.3) is 0 Å². The van der Waals surface area contributed by atoms with Gasteiger partial charge in [-0.3, -0.25) is 9.59 Å². The van der Waals surface area contributed by atoms with Crippen molar-refractivity contribution in [1.29, 1.82) is 0 Å². The molecule has 0 N–H and O–H groups in total. The SMILES string of the molecule is COc1ccc(C(=O)N2CCCC(=O)N3CCCCC3CCc3cccc(c3)OCC2)cn1. The van der Waals surface area contributed by atoms with Crippen LogP contribution in [0.1, 0.15) is 54.4 Å². The molecular formula is C26H33N3O4. The second kappa shape index (κ2) is 11.2. The maximum atomic E-state index is 13.2. The summed E-state index contributed by atoms with van der Waals surface area (Å²) < 4.78 is 11.1. The van der Waals surface area contributed by atoms with Gasteiger partial charge in [-0.25, -0.2) is 4.98 Å². The third-order valence-electron chi connectivity index (χ3n) is 6.54. The van der Waals surface area contributed by atoms with Crippen LogP contribution < -0.4 is 9.47 Å². The highest BCUT2D eigenvalue weighted by Crippen LogP contribution is 2.24. The predicted molar refractivity (Wildman–Crippen MR) is 126 cm³/mol. The van der Waals surface area contributed by atoms with E-state index in [9.17, 15) is 9.59 Å². The predicted octanol–water partition coefficient (Wildman–Crippen LogP) is 3.72. The Morgan fingerprint density at radius 3 is 2.79 bits per heavy atom. The van der Waals surface area contributed by atoms with E-state index in [1.165, 1.54) is 18.2 Å². The molecular weight excluding hydrogens is 418 g/mol. The van der Waals surface area contributed by atoms with Gasteiger partial charge in [0.15, 0.2) is 0 Å². The topological polar surface area (TPSA) is 72.0 Å². The fourth-order valence-corrected chi connectivity index (χ4v) is 4.72. The van der Waals surface area contributed by atoms with Crippen LogP contribution in [0.2, 0.25) is 0 Å². The van der Waals surface area contributed by atoms with Gasteiger partial charge in [-0.1, -0.05) is 12.1 Å². The van der Waals surface area contributed by atoms with Crippen molar-refractivity contribution in [2.24, 2.45) is 0 Å². The lowest BCUT2D eigenvalue weighted by Crippen LogP contribution is -2.44. The summed E-state index contributed by atoms with van der Waals surface area (Å²) in [5.74, 6) is 1.37. The molecule has 7 heteroatoms. The molecule has 0 radical (unpaired) electrons. The van der Waals surface area contributed by atoms with Crippen LogP contribution in [0.4, 0.5) is 0 Å². The van der Waals surface area contributed by atoms with Crippen LogP contribution in [-0.2, 0) is 11.2 Å². The molecule has 176 valence electrons. The van der Waals surface area contributed by atoms with Crippen LogP contribution in [0.5, 0.6) is 11.6 Å². The average Bonchev–Trinajstić information content (AvgIpc) is 2.86. The number of nitrogens with zero attached hydrogens (tertiary/aromatic N) is 3. The van der Waals surface area contributed by atoms with E-state index >= 15 is 0 Å². The molecule has 2 aromatic rings. The maximum Gasteiger partial charge on any atom is 0.255 e. The van der Waals surface area contributed by atoms with Crippen molar-refractivity contribution in [3.05, 3.63) is 53.7 Å². The van der Waals surface area contributed by atoms with E-state index in [4.69, 9.17) is 9.47 Å². The van der Waals surface area contributed by atoms with E-state index in [1.807, 2.05) is 12.1 Å². The molecule has 1 atom stereocenters. The van der Waals surface area contributed by atoms with E-state index in [0.717, 1.165) is 38.0 Å². The summed E-state index contributed by atoms with van der Waals surface area (Å²) in [6.07, 6.45) is 7.84. The second-order valence-corrected chi connectivity index (χ2v) is 8.76. The molecule has 0 aliphatic carbocycles. The molecule has 1 saturated heterocycles. The molecule has 1 unspecified atom stereocenters. The fourth-order valence-electron chi connectivity index (χ4n) is 4.72. The van der Waals surface area contributed by atoms with Gasteiger partial charge in [0.2, 0.25) is 11.8 Å². The van der Waals surface area contributed by atoms with Crippen molar-refractivity contribution in [1.82, 2.24) is 14.8 Å². The number of fused-ring (bicyclic) bond motifs is 3. The summed E-state index contributed by atoms with van der Waals surface area (Å²) in [6.45, 7) is 2.17. The number of hydrogen-bond donors (Lipinski definition) is 0. The van der Waals surface area contributed by atoms with Gasteiger partial charge < -0.3 is 19.3 Å². The van der Waals surface area contributed by atoms with Crippen LogP contribution in [0.3, 0.4) is 0 Å². The first-order valence-corrected chi connectivity index (χ1v) is 11.9. The Kier molecular flexibility index (Phi) is 7.81. The van der Waals surface area contributed by atoms with Crippen LogP contribution in [0.15, 0.2) is 42.6 Å². The molecule has 7 nitrogen and oxygen atoms in total. The van der Waals surface area contributed by atoms with Crippen molar-refractivity contribution in [2.45, 2.75) is 51.0 Å². The third kappa shape index (κ3) is 6.03. The smallest absolute Gasteiger partial charge is 0.255 e. The highest BCUT2D eigenvalue weighted by Gasteiger charge is 2.26. The molecule has 3 heterocycles. The molecule has 1 fully saturated rings. The number of aryl methyl sites for hydroxylation is 1. The van der Waals surface area contributed by atoms with E-state index < -0.39 is 0 Å².